The van der Waals surface area contributed by atoms with Gasteiger partial charge in [-0.15, -0.1) is 0 Å². The van der Waals surface area contributed by atoms with Crippen LogP contribution >= 0.6 is 0 Å². The third kappa shape index (κ3) is 3.02. The summed E-state index contributed by atoms with van der Waals surface area (Å²) in [5.74, 6) is 0. The van der Waals surface area contributed by atoms with Crippen LogP contribution in [0.4, 0.5) is 0 Å². The Morgan fingerprint density at radius 1 is 1.47 bits per heavy atom. The Kier molecular flexibility index (Phi) is 1.74. The molecule has 1 aliphatic heterocycles. The Labute approximate surface area is 100 Å². The van der Waals surface area contributed by atoms with Gasteiger partial charge < -0.3 is 9.84 Å². The molecule has 1 atom stereocenters. The monoisotopic (exact) mass is 214 g/mol. The first-order valence-electron chi connectivity index (χ1n) is 8.09. The summed E-state index contributed by atoms with van der Waals surface area (Å²) in [6, 6.07) is 7.30. The molecule has 82 valence electrons. The lowest BCUT2D eigenvalue weighted by Crippen LogP contribution is -2.38. The fourth-order valence-electron chi connectivity index (χ4n) is 1.17. The summed E-state index contributed by atoms with van der Waals surface area (Å²) in [6.45, 7) is -9.19. The average Bonchev–Trinajstić information content (AvgIpc) is 2.36. The van der Waals surface area contributed by atoms with E-state index in [1.165, 1.54) is 24.3 Å². The minimum absolute atomic E-state index is 0.0990. The predicted molar refractivity (Wildman–Crippen MR) is 58.7 cm³/mol. The third-order valence-electron chi connectivity index (χ3n) is 1.91. The highest BCUT2D eigenvalue weighted by molar-refractivity contribution is 5.17. The summed E-state index contributed by atoms with van der Waals surface area (Å²) in [4.78, 5) is 0.247. The van der Waals surface area contributed by atoms with Crippen molar-refractivity contribution in [1.82, 2.24) is 4.90 Å². The zero-order chi connectivity index (χ0) is 16.8. The van der Waals surface area contributed by atoms with Gasteiger partial charge in [0.2, 0.25) is 0 Å². The number of morpholine rings is 1. The molecule has 0 radical (unpaired) electrons. The number of hydrogen-bond acceptors (Lipinski definition) is 3. The lowest BCUT2D eigenvalue weighted by atomic mass is 10.1. The molecule has 0 aliphatic carbocycles. The summed E-state index contributed by atoms with van der Waals surface area (Å²) >= 11 is 0. The molecule has 1 aromatic carbocycles. The van der Waals surface area contributed by atoms with Gasteiger partial charge in [0, 0.05) is 27.7 Å². The van der Waals surface area contributed by atoms with Gasteiger partial charge in [0.25, 0.3) is 0 Å². The molecule has 3 heteroatoms. The summed E-state index contributed by atoms with van der Waals surface area (Å²) in [5.41, 5.74) is -0.0990. The van der Waals surface area contributed by atoms with Gasteiger partial charge in [0.05, 0.1) is 20.7 Å². The van der Waals surface area contributed by atoms with Crippen molar-refractivity contribution in [2.24, 2.45) is 0 Å². The molecular formula is C12H17NO2. The lowest BCUT2D eigenvalue weighted by Gasteiger charge is -2.28. The van der Waals surface area contributed by atoms with E-state index in [2.05, 4.69) is 0 Å². The van der Waals surface area contributed by atoms with E-state index in [0.29, 0.717) is 0 Å². The second-order valence-electron chi connectivity index (χ2n) is 2.97. The van der Waals surface area contributed by atoms with Crippen LogP contribution in [0.1, 0.15) is 21.2 Å². The number of nitrogens with zero attached hydrogens (tertiary/aromatic N) is 1. The summed E-state index contributed by atoms with van der Waals surface area (Å²) in [6.07, 6.45) is -2.87. The Balaban J connectivity index is 2.51. The number of aliphatic hydroxyl groups is 1. The molecule has 2 rings (SSSR count). The molecule has 1 N–H and O–H groups in total. The van der Waals surface area contributed by atoms with E-state index in [1.54, 1.807) is 6.07 Å². The zero-order valence-corrected chi connectivity index (χ0v) is 8.10. The summed E-state index contributed by atoms with van der Waals surface area (Å²) in [7, 11) is 0. The second-order valence-corrected chi connectivity index (χ2v) is 2.97. The SMILES string of the molecule is [2H]C1([2H])COCC([2H])([2H])N1C([2H])([2H])C([2H])(O)c1ccccc1. The molecule has 1 fully saturated rings. The molecule has 15 heavy (non-hydrogen) atoms. The molecule has 0 saturated carbocycles. The van der Waals surface area contributed by atoms with E-state index >= 15 is 0 Å². The molecule has 0 amide bonds. The van der Waals surface area contributed by atoms with Crippen molar-refractivity contribution < 1.29 is 19.4 Å². The summed E-state index contributed by atoms with van der Waals surface area (Å²) in [5, 5.41) is 10.4. The topological polar surface area (TPSA) is 32.7 Å². The number of rotatable bonds is 3. The quantitative estimate of drug-likeness (QED) is 0.816. The molecule has 0 spiro atoms. The van der Waals surface area contributed by atoms with E-state index in [4.69, 9.17) is 14.3 Å². The smallest absolute Gasteiger partial charge is 0.0916 e. The molecule has 1 saturated heterocycles. The number of benzene rings is 1. The maximum atomic E-state index is 10.4. The molecule has 1 heterocycles. The zero-order valence-electron chi connectivity index (χ0n) is 15.1. The van der Waals surface area contributed by atoms with Crippen LogP contribution in [-0.2, 0) is 4.74 Å². The highest BCUT2D eigenvalue weighted by atomic mass is 16.5. The Morgan fingerprint density at radius 2 is 2.13 bits per heavy atom. The van der Waals surface area contributed by atoms with Crippen molar-refractivity contribution in [3.05, 3.63) is 35.9 Å². The first-order valence-corrected chi connectivity index (χ1v) is 4.59. The largest absolute Gasteiger partial charge is 0.387 e. The molecule has 3 nitrogen and oxygen atoms in total. The normalized spacial score (nSPS) is 36.7. The van der Waals surface area contributed by atoms with Gasteiger partial charge in [0.1, 0.15) is 0 Å². The van der Waals surface area contributed by atoms with Crippen LogP contribution in [0.15, 0.2) is 30.3 Å². The van der Waals surface area contributed by atoms with Crippen molar-refractivity contribution >= 4 is 0 Å². The molecule has 1 aliphatic rings. The molecule has 1 unspecified atom stereocenters. The Hall–Kier alpha value is -0.900. The maximum absolute atomic E-state index is 10.4. The van der Waals surface area contributed by atoms with Crippen LogP contribution in [0.5, 0.6) is 0 Å². The second kappa shape index (κ2) is 5.26. The maximum Gasteiger partial charge on any atom is 0.0916 e. The molecule has 0 aromatic heterocycles. The molecule has 1 aromatic rings. The van der Waals surface area contributed by atoms with E-state index in [-0.39, 0.29) is 10.5 Å². The van der Waals surface area contributed by atoms with E-state index in [9.17, 15) is 5.11 Å². The first kappa shape index (κ1) is 4.95. The van der Waals surface area contributed by atoms with Gasteiger partial charge in [-0.3, -0.25) is 4.90 Å². The number of ether oxygens (including phenoxy) is 1. The van der Waals surface area contributed by atoms with Crippen molar-refractivity contribution in [3.63, 3.8) is 0 Å². The molecule has 0 bridgehead atoms. The first-order chi connectivity index (χ1) is 9.93. The number of β-amino-alcohol motifs (C(OH)–C–C–N with tert-alkyl or cyclic N) is 1. The Bertz CT molecular complexity index is 520. The van der Waals surface area contributed by atoms with Gasteiger partial charge >= 0.3 is 0 Å². The number of hydrogen-bond donors (Lipinski definition) is 1. The standard InChI is InChI=1S/C12H17NO2/c14-12(11-4-2-1-3-5-11)10-13-6-8-15-9-7-13/h1-5,12,14H,6-10H2/i6D2,7D2,10D2,12D. The van der Waals surface area contributed by atoms with Crippen LogP contribution in [0.3, 0.4) is 0 Å². The van der Waals surface area contributed by atoms with Crippen molar-refractivity contribution in [1.29, 1.82) is 0 Å². The van der Waals surface area contributed by atoms with Crippen LogP contribution in [0, 0.1) is 0 Å². The van der Waals surface area contributed by atoms with E-state index in [0.717, 1.165) is 0 Å². The van der Waals surface area contributed by atoms with Crippen LogP contribution in [0.2, 0.25) is 0 Å². The van der Waals surface area contributed by atoms with Gasteiger partial charge in [-0.25, -0.2) is 0 Å². The fraction of sp³-hybridized carbons (Fsp3) is 0.500. The van der Waals surface area contributed by atoms with Gasteiger partial charge in [-0.05, 0) is 5.56 Å². The minimum Gasteiger partial charge on any atom is -0.387 e. The van der Waals surface area contributed by atoms with Crippen LogP contribution < -0.4 is 0 Å². The van der Waals surface area contributed by atoms with Crippen molar-refractivity contribution in [2.75, 3.05) is 32.7 Å². The van der Waals surface area contributed by atoms with Gasteiger partial charge in [0.15, 0.2) is 0 Å². The van der Waals surface area contributed by atoms with Crippen LogP contribution in [0.25, 0.3) is 0 Å². The predicted octanol–water partition coefficient (Wildman–Crippen LogP) is 1.05. The van der Waals surface area contributed by atoms with E-state index in [1.807, 2.05) is 0 Å². The van der Waals surface area contributed by atoms with Gasteiger partial charge in [-0.1, -0.05) is 30.3 Å². The lowest BCUT2D eigenvalue weighted by molar-refractivity contribution is 0.0143. The minimum atomic E-state index is -3.04. The highest BCUT2D eigenvalue weighted by Crippen LogP contribution is 2.14. The summed E-state index contributed by atoms with van der Waals surface area (Å²) < 4.78 is 60.4. The Morgan fingerprint density at radius 3 is 2.80 bits per heavy atom. The molecular weight excluding hydrogens is 190 g/mol. The third-order valence-corrected chi connectivity index (χ3v) is 1.91. The highest BCUT2D eigenvalue weighted by Gasteiger charge is 2.15. The fourth-order valence-corrected chi connectivity index (χ4v) is 1.17. The van der Waals surface area contributed by atoms with Crippen molar-refractivity contribution in [2.45, 2.75) is 6.08 Å². The van der Waals surface area contributed by atoms with Crippen LogP contribution in [-0.4, -0.2) is 42.7 Å². The van der Waals surface area contributed by atoms with E-state index < -0.39 is 38.8 Å². The average molecular weight is 214 g/mol. The van der Waals surface area contributed by atoms with Gasteiger partial charge in [-0.2, -0.15) is 0 Å². The van der Waals surface area contributed by atoms with Crippen molar-refractivity contribution in [3.8, 4) is 0 Å².